The fraction of sp³-hybridized carbons (Fsp3) is 0.500. The van der Waals surface area contributed by atoms with Crippen LogP contribution < -0.4 is 5.32 Å². The van der Waals surface area contributed by atoms with Crippen molar-refractivity contribution >= 4 is 17.3 Å². The molecule has 0 aliphatic heterocycles. The van der Waals surface area contributed by atoms with Crippen molar-refractivity contribution in [3.05, 3.63) is 30.1 Å². The molecule has 1 heterocycles. The van der Waals surface area contributed by atoms with Crippen LogP contribution in [0, 0.1) is 0 Å². The van der Waals surface area contributed by atoms with E-state index < -0.39 is 0 Å². The maximum atomic E-state index is 5.33. The Balaban J connectivity index is 2.52. The number of pyridine rings is 1. The van der Waals surface area contributed by atoms with Gasteiger partial charge in [-0.1, -0.05) is 13.0 Å². The van der Waals surface area contributed by atoms with Gasteiger partial charge in [-0.3, -0.25) is 4.98 Å². The number of thiocarbonyl (C=S) groups is 1. The first-order valence-corrected chi connectivity index (χ1v) is 6.11. The maximum absolute atomic E-state index is 5.33. The van der Waals surface area contributed by atoms with Crippen LogP contribution in [0.5, 0.6) is 0 Å². The molecule has 0 bridgehead atoms. The largest absolute Gasteiger partial charge is 0.363 e. The van der Waals surface area contributed by atoms with Crippen molar-refractivity contribution in [2.45, 2.75) is 26.8 Å². The van der Waals surface area contributed by atoms with Crippen molar-refractivity contribution in [3.8, 4) is 0 Å². The van der Waals surface area contributed by atoms with Crippen LogP contribution in [-0.4, -0.2) is 28.1 Å². The van der Waals surface area contributed by atoms with E-state index in [0.717, 1.165) is 36.9 Å². The van der Waals surface area contributed by atoms with Crippen molar-refractivity contribution in [3.63, 3.8) is 0 Å². The Labute approximate surface area is 103 Å². The van der Waals surface area contributed by atoms with E-state index in [2.05, 4.69) is 29.0 Å². The van der Waals surface area contributed by atoms with Gasteiger partial charge in [0.25, 0.3) is 0 Å². The summed E-state index contributed by atoms with van der Waals surface area (Å²) in [5.41, 5.74) is 1.05. The summed E-state index contributed by atoms with van der Waals surface area (Å²) in [7, 11) is 0. The molecule has 1 N–H and O–H groups in total. The topological polar surface area (TPSA) is 28.2 Å². The fourth-order valence-electron chi connectivity index (χ4n) is 1.36. The zero-order chi connectivity index (χ0) is 11.8. The Morgan fingerprint density at radius 2 is 2.25 bits per heavy atom. The minimum absolute atomic E-state index is 0.771. The van der Waals surface area contributed by atoms with Gasteiger partial charge in [0.2, 0.25) is 0 Å². The number of nitrogens with zero attached hydrogens (tertiary/aromatic N) is 2. The van der Waals surface area contributed by atoms with Crippen LogP contribution in [0.25, 0.3) is 0 Å². The maximum Gasteiger partial charge on any atom is 0.169 e. The molecular weight excluding hydrogens is 218 g/mol. The van der Waals surface area contributed by atoms with Crippen LogP contribution >= 0.6 is 12.2 Å². The van der Waals surface area contributed by atoms with E-state index in [1.54, 1.807) is 0 Å². The Morgan fingerprint density at radius 3 is 2.81 bits per heavy atom. The van der Waals surface area contributed by atoms with E-state index >= 15 is 0 Å². The second kappa shape index (κ2) is 7.17. The highest BCUT2D eigenvalue weighted by Crippen LogP contribution is 2.01. The average molecular weight is 237 g/mol. The zero-order valence-electron chi connectivity index (χ0n) is 9.94. The van der Waals surface area contributed by atoms with E-state index in [0.29, 0.717) is 0 Å². The Hall–Kier alpha value is -1.16. The molecule has 0 aliphatic rings. The number of nitrogens with one attached hydrogen (secondary N) is 1. The summed E-state index contributed by atoms with van der Waals surface area (Å²) in [5.74, 6) is 0. The summed E-state index contributed by atoms with van der Waals surface area (Å²) >= 11 is 5.33. The first-order valence-electron chi connectivity index (χ1n) is 5.70. The van der Waals surface area contributed by atoms with E-state index in [9.17, 15) is 0 Å². The molecule has 16 heavy (non-hydrogen) atoms. The first-order chi connectivity index (χ1) is 7.77. The summed E-state index contributed by atoms with van der Waals surface area (Å²) in [5, 5.41) is 4.05. The predicted molar refractivity (Wildman–Crippen MR) is 71.2 cm³/mol. The number of hydrogen-bond donors (Lipinski definition) is 1. The lowest BCUT2D eigenvalue weighted by atomic mass is 10.3. The van der Waals surface area contributed by atoms with Gasteiger partial charge in [-0.25, -0.2) is 0 Å². The molecule has 0 saturated heterocycles. The first kappa shape index (κ1) is 12.9. The number of rotatable bonds is 5. The monoisotopic (exact) mass is 237 g/mol. The standard InChI is InChI=1S/C12H19N3S/c1-3-8-14-12(16)15(4-2)10-11-7-5-6-9-13-11/h5-7,9H,3-4,8,10H2,1-2H3,(H,14,16). The lowest BCUT2D eigenvalue weighted by Gasteiger charge is -2.23. The zero-order valence-corrected chi connectivity index (χ0v) is 10.8. The van der Waals surface area contributed by atoms with Crippen LogP contribution in [0.4, 0.5) is 0 Å². The third-order valence-electron chi connectivity index (χ3n) is 2.27. The highest BCUT2D eigenvalue weighted by atomic mass is 32.1. The van der Waals surface area contributed by atoms with Crippen molar-refractivity contribution in [2.75, 3.05) is 13.1 Å². The minimum atomic E-state index is 0.771. The van der Waals surface area contributed by atoms with Crippen molar-refractivity contribution < 1.29 is 0 Å². The molecule has 3 nitrogen and oxygen atoms in total. The van der Waals surface area contributed by atoms with Gasteiger partial charge in [-0.15, -0.1) is 0 Å². The second-order valence-electron chi connectivity index (χ2n) is 3.57. The molecule has 1 aromatic rings. The van der Waals surface area contributed by atoms with Gasteiger partial charge in [0.05, 0.1) is 12.2 Å². The van der Waals surface area contributed by atoms with Gasteiger partial charge < -0.3 is 10.2 Å². The fourth-order valence-corrected chi connectivity index (χ4v) is 1.65. The molecular formula is C12H19N3S. The molecule has 0 unspecified atom stereocenters. The molecule has 0 atom stereocenters. The summed E-state index contributed by atoms with van der Waals surface area (Å²) in [4.78, 5) is 6.42. The van der Waals surface area contributed by atoms with E-state index in [-0.39, 0.29) is 0 Å². The molecule has 0 aromatic carbocycles. The Bertz CT molecular complexity index is 313. The van der Waals surface area contributed by atoms with E-state index in [1.807, 2.05) is 24.4 Å². The highest BCUT2D eigenvalue weighted by Gasteiger charge is 2.07. The average Bonchev–Trinajstić information content (AvgIpc) is 2.34. The lowest BCUT2D eigenvalue weighted by molar-refractivity contribution is 0.421. The number of hydrogen-bond acceptors (Lipinski definition) is 2. The molecule has 0 saturated carbocycles. The SMILES string of the molecule is CCCNC(=S)N(CC)Cc1ccccn1. The van der Waals surface area contributed by atoms with Gasteiger partial charge in [-0.2, -0.15) is 0 Å². The molecule has 0 radical (unpaired) electrons. The van der Waals surface area contributed by atoms with Crippen LogP contribution in [0.15, 0.2) is 24.4 Å². The molecule has 0 amide bonds. The third kappa shape index (κ3) is 4.14. The second-order valence-corrected chi connectivity index (χ2v) is 3.95. The van der Waals surface area contributed by atoms with Crippen molar-refractivity contribution in [1.82, 2.24) is 15.2 Å². The minimum Gasteiger partial charge on any atom is -0.363 e. The quantitative estimate of drug-likeness (QED) is 0.795. The molecule has 88 valence electrons. The summed E-state index contributed by atoms with van der Waals surface area (Å²) in [6, 6.07) is 5.94. The van der Waals surface area contributed by atoms with Gasteiger partial charge in [0, 0.05) is 19.3 Å². The Morgan fingerprint density at radius 1 is 1.44 bits per heavy atom. The van der Waals surface area contributed by atoms with Crippen LogP contribution in [-0.2, 0) is 6.54 Å². The summed E-state index contributed by atoms with van der Waals surface area (Å²) in [6.45, 7) is 6.82. The van der Waals surface area contributed by atoms with E-state index in [4.69, 9.17) is 12.2 Å². The lowest BCUT2D eigenvalue weighted by Crippen LogP contribution is -2.39. The molecule has 0 fully saturated rings. The summed E-state index contributed by atoms with van der Waals surface area (Å²) < 4.78 is 0. The van der Waals surface area contributed by atoms with E-state index in [1.165, 1.54) is 0 Å². The highest BCUT2D eigenvalue weighted by molar-refractivity contribution is 7.80. The summed E-state index contributed by atoms with van der Waals surface area (Å²) in [6.07, 6.45) is 2.90. The Kier molecular flexibility index (Phi) is 5.78. The number of aromatic nitrogens is 1. The normalized spacial score (nSPS) is 9.88. The van der Waals surface area contributed by atoms with Crippen molar-refractivity contribution in [2.24, 2.45) is 0 Å². The molecule has 1 rings (SSSR count). The van der Waals surface area contributed by atoms with Gasteiger partial charge in [0.1, 0.15) is 0 Å². The van der Waals surface area contributed by atoms with Crippen LogP contribution in [0.3, 0.4) is 0 Å². The predicted octanol–water partition coefficient (Wildman–Crippen LogP) is 2.19. The van der Waals surface area contributed by atoms with Gasteiger partial charge in [-0.05, 0) is 37.7 Å². The van der Waals surface area contributed by atoms with Gasteiger partial charge >= 0.3 is 0 Å². The third-order valence-corrected chi connectivity index (χ3v) is 2.68. The van der Waals surface area contributed by atoms with Crippen LogP contribution in [0.1, 0.15) is 26.0 Å². The van der Waals surface area contributed by atoms with Crippen molar-refractivity contribution in [1.29, 1.82) is 0 Å². The molecule has 0 spiro atoms. The smallest absolute Gasteiger partial charge is 0.169 e. The molecule has 4 heteroatoms. The molecule has 1 aromatic heterocycles. The van der Waals surface area contributed by atoms with Crippen LogP contribution in [0.2, 0.25) is 0 Å². The molecule has 0 aliphatic carbocycles. The van der Waals surface area contributed by atoms with Gasteiger partial charge in [0.15, 0.2) is 5.11 Å².